The van der Waals surface area contributed by atoms with E-state index in [1.807, 2.05) is 6.08 Å². The Hall–Kier alpha value is -1.00. The molecular formula is C21H30O4. The highest BCUT2D eigenvalue weighted by atomic mass is 16.3. The Bertz CT molecular complexity index is 638. The van der Waals surface area contributed by atoms with Crippen molar-refractivity contribution in [2.24, 2.45) is 34.5 Å². The Kier molecular flexibility index (Phi) is 4.01. The lowest BCUT2D eigenvalue weighted by Crippen LogP contribution is -2.57. The van der Waals surface area contributed by atoms with Gasteiger partial charge in [0, 0.05) is 12.3 Å². The van der Waals surface area contributed by atoms with Gasteiger partial charge in [0.25, 0.3) is 0 Å². The molecule has 7 atom stereocenters. The molecular weight excluding hydrogens is 316 g/mol. The summed E-state index contributed by atoms with van der Waals surface area (Å²) in [5.41, 5.74) is 0.979. The van der Waals surface area contributed by atoms with E-state index in [9.17, 15) is 19.8 Å². The van der Waals surface area contributed by atoms with Crippen LogP contribution in [0.5, 0.6) is 0 Å². The van der Waals surface area contributed by atoms with Gasteiger partial charge in [-0.2, -0.15) is 0 Å². The molecule has 3 saturated carbocycles. The van der Waals surface area contributed by atoms with Crippen molar-refractivity contribution < 1.29 is 19.8 Å². The second-order valence-corrected chi connectivity index (χ2v) is 9.42. The molecule has 0 aromatic carbocycles. The SMILES string of the molecule is CC12CCC(=O)C=C1CC[C@@H]1C2C(O)CC2(C)C1CC[C@@H]2C(=O)CO. The predicted molar refractivity (Wildman–Crippen MR) is 93.7 cm³/mol. The fourth-order valence-electron chi connectivity index (χ4n) is 7.33. The third-order valence-electron chi connectivity index (χ3n) is 8.44. The van der Waals surface area contributed by atoms with Crippen molar-refractivity contribution in [3.05, 3.63) is 11.6 Å². The Labute approximate surface area is 149 Å². The normalized spacial score (nSPS) is 49.0. The first-order chi connectivity index (χ1) is 11.8. The third kappa shape index (κ3) is 2.33. The van der Waals surface area contributed by atoms with Gasteiger partial charge in [-0.25, -0.2) is 0 Å². The van der Waals surface area contributed by atoms with Crippen molar-refractivity contribution >= 4 is 11.6 Å². The highest BCUT2D eigenvalue weighted by Crippen LogP contribution is 2.66. The topological polar surface area (TPSA) is 74.6 Å². The maximum atomic E-state index is 12.3. The molecule has 0 saturated heterocycles. The smallest absolute Gasteiger partial charge is 0.161 e. The predicted octanol–water partition coefficient (Wildman–Crippen LogP) is 2.67. The van der Waals surface area contributed by atoms with E-state index in [1.165, 1.54) is 5.57 Å². The number of carbonyl (C=O) groups is 2. The number of hydrogen-bond donors (Lipinski definition) is 2. The van der Waals surface area contributed by atoms with E-state index in [0.717, 1.165) is 32.1 Å². The first kappa shape index (κ1) is 17.4. The van der Waals surface area contributed by atoms with E-state index in [4.69, 9.17) is 0 Å². The van der Waals surface area contributed by atoms with E-state index in [1.54, 1.807) is 0 Å². The maximum Gasteiger partial charge on any atom is 0.161 e. The summed E-state index contributed by atoms with van der Waals surface area (Å²) >= 11 is 0. The van der Waals surface area contributed by atoms with Crippen LogP contribution in [0.3, 0.4) is 0 Å². The molecule has 0 amide bonds. The zero-order valence-corrected chi connectivity index (χ0v) is 15.3. The lowest BCUT2D eigenvalue weighted by Gasteiger charge is -2.59. The van der Waals surface area contributed by atoms with Crippen LogP contribution in [0.15, 0.2) is 11.6 Å². The number of allylic oxidation sites excluding steroid dienone is 1. The lowest BCUT2D eigenvalue weighted by atomic mass is 9.46. The molecule has 0 aromatic heterocycles. The molecule has 4 aliphatic rings. The molecule has 4 heteroatoms. The molecule has 4 nitrogen and oxygen atoms in total. The van der Waals surface area contributed by atoms with Gasteiger partial charge in [-0.3, -0.25) is 9.59 Å². The minimum absolute atomic E-state index is 0.0541. The maximum absolute atomic E-state index is 12.3. The molecule has 0 spiro atoms. The summed E-state index contributed by atoms with van der Waals surface area (Å²) in [6, 6.07) is 0. The van der Waals surface area contributed by atoms with Crippen molar-refractivity contribution in [2.45, 2.75) is 64.9 Å². The summed E-state index contributed by atoms with van der Waals surface area (Å²) in [5.74, 6) is 1.12. The number of Topliss-reactive ketones (excluding diaryl/α,β-unsaturated/α-hetero) is 1. The van der Waals surface area contributed by atoms with Crippen LogP contribution in [0, 0.1) is 34.5 Å². The summed E-state index contributed by atoms with van der Waals surface area (Å²) in [7, 11) is 0. The van der Waals surface area contributed by atoms with Crippen molar-refractivity contribution in [3.8, 4) is 0 Å². The first-order valence-corrected chi connectivity index (χ1v) is 9.87. The van der Waals surface area contributed by atoms with Crippen LogP contribution in [-0.4, -0.2) is 34.5 Å². The number of carbonyl (C=O) groups excluding carboxylic acids is 2. The summed E-state index contributed by atoms with van der Waals surface area (Å²) in [6.07, 6.45) is 7.32. The Morgan fingerprint density at radius 2 is 2.00 bits per heavy atom. The largest absolute Gasteiger partial charge is 0.393 e. The van der Waals surface area contributed by atoms with Crippen LogP contribution in [0.25, 0.3) is 0 Å². The molecule has 0 radical (unpaired) electrons. The van der Waals surface area contributed by atoms with Crippen LogP contribution >= 0.6 is 0 Å². The van der Waals surface area contributed by atoms with Gasteiger partial charge in [-0.05, 0) is 73.2 Å². The molecule has 138 valence electrons. The van der Waals surface area contributed by atoms with E-state index < -0.39 is 6.10 Å². The molecule has 5 unspecified atom stereocenters. The molecule has 0 bridgehead atoms. The van der Waals surface area contributed by atoms with E-state index in [0.29, 0.717) is 24.7 Å². The van der Waals surface area contributed by atoms with Crippen LogP contribution in [-0.2, 0) is 9.59 Å². The lowest BCUT2D eigenvalue weighted by molar-refractivity contribution is -0.146. The number of fused-ring (bicyclic) bond motifs is 5. The first-order valence-electron chi connectivity index (χ1n) is 9.87. The van der Waals surface area contributed by atoms with Gasteiger partial charge in [0.05, 0.1) is 6.10 Å². The quantitative estimate of drug-likeness (QED) is 0.806. The highest BCUT2D eigenvalue weighted by Gasteiger charge is 2.62. The second kappa shape index (κ2) is 5.75. The molecule has 4 aliphatic carbocycles. The second-order valence-electron chi connectivity index (χ2n) is 9.42. The number of aliphatic hydroxyl groups excluding tert-OH is 2. The monoisotopic (exact) mass is 346 g/mol. The molecule has 3 fully saturated rings. The van der Waals surface area contributed by atoms with Gasteiger partial charge < -0.3 is 10.2 Å². The fraction of sp³-hybridized carbons (Fsp3) is 0.810. The highest BCUT2D eigenvalue weighted by molar-refractivity contribution is 5.91. The van der Waals surface area contributed by atoms with Gasteiger partial charge in [-0.15, -0.1) is 0 Å². The van der Waals surface area contributed by atoms with Crippen LogP contribution in [0.2, 0.25) is 0 Å². The molecule has 4 rings (SSSR count). The van der Waals surface area contributed by atoms with Crippen molar-refractivity contribution in [1.29, 1.82) is 0 Å². The summed E-state index contributed by atoms with van der Waals surface area (Å²) < 4.78 is 0. The summed E-state index contributed by atoms with van der Waals surface area (Å²) in [5, 5.41) is 20.5. The van der Waals surface area contributed by atoms with Crippen molar-refractivity contribution in [1.82, 2.24) is 0 Å². The number of aliphatic hydroxyl groups is 2. The standard InChI is InChI=1S/C21H30O4/c1-20-8-7-13(23)9-12(20)3-4-14-15-5-6-16(18(25)11-22)21(15,2)10-17(24)19(14)20/h9,14-17,19,22,24H,3-8,10-11H2,1-2H3/t14-,15?,16+,17?,19?,20?,21?/m0/s1. The Morgan fingerprint density at radius 3 is 2.72 bits per heavy atom. The number of hydrogen-bond acceptors (Lipinski definition) is 4. The van der Waals surface area contributed by atoms with E-state index >= 15 is 0 Å². The van der Waals surface area contributed by atoms with Crippen LogP contribution in [0.1, 0.15) is 58.8 Å². The number of rotatable bonds is 2. The Morgan fingerprint density at radius 1 is 1.24 bits per heavy atom. The zero-order chi connectivity index (χ0) is 18.0. The van der Waals surface area contributed by atoms with Gasteiger partial charge in [0.2, 0.25) is 0 Å². The minimum atomic E-state index is -0.430. The van der Waals surface area contributed by atoms with Gasteiger partial charge in [0.15, 0.2) is 11.6 Å². The Balaban J connectivity index is 1.70. The van der Waals surface area contributed by atoms with Gasteiger partial charge in [0.1, 0.15) is 6.61 Å². The third-order valence-corrected chi connectivity index (χ3v) is 8.44. The molecule has 2 N–H and O–H groups in total. The van der Waals surface area contributed by atoms with Crippen molar-refractivity contribution in [3.63, 3.8) is 0 Å². The van der Waals surface area contributed by atoms with Gasteiger partial charge >= 0.3 is 0 Å². The minimum Gasteiger partial charge on any atom is -0.393 e. The van der Waals surface area contributed by atoms with E-state index in [2.05, 4.69) is 13.8 Å². The molecule has 0 aliphatic heterocycles. The molecule has 0 heterocycles. The number of ketones is 2. The van der Waals surface area contributed by atoms with Crippen LogP contribution in [0.4, 0.5) is 0 Å². The molecule has 25 heavy (non-hydrogen) atoms. The van der Waals surface area contributed by atoms with Gasteiger partial charge in [-0.1, -0.05) is 19.4 Å². The summed E-state index contributed by atoms with van der Waals surface area (Å²) in [6.45, 7) is 4.03. The van der Waals surface area contributed by atoms with Crippen LogP contribution < -0.4 is 0 Å². The zero-order valence-electron chi connectivity index (χ0n) is 15.3. The summed E-state index contributed by atoms with van der Waals surface area (Å²) in [4.78, 5) is 24.2. The average molecular weight is 346 g/mol. The van der Waals surface area contributed by atoms with Crippen molar-refractivity contribution in [2.75, 3.05) is 6.61 Å². The fourth-order valence-corrected chi connectivity index (χ4v) is 7.33. The molecule has 0 aromatic rings. The van der Waals surface area contributed by atoms with E-state index in [-0.39, 0.29) is 40.8 Å². The average Bonchev–Trinajstić information content (AvgIpc) is 2.91.